The molecule has 0 aliphatic heterocycles. The Morgan fingerprint density at radius 2 is 2.26 bits per heavy atom. The smallest absolute Gasteiger partial charge is 0.309 e. The lowest BCUT2D eigenvalue weighted by Gasteiger charge is -2.00. The van der Waals surface area contributed by atoms with Gasteiger partial charge in [-0.15, -0.1) is 11.3 Å². The molecule has 0 saturated heterocycles. The third kappa shape index (κ3) is 4.29. The zero-order valence-corrected chi connectivity index (χ0v) is 12.0. The topological polar surface area (TPSA) is 76.0 Å². The molecule has 5 nitrogen and oxygen atoms in total. The van der Waals surface area contributed by atoms with Crippen molar-refractivity contribution in [3.05, 3.63) is 29.2 Å². The maximum atomic E-state index is 10.6. The van der Waals surface area contributed by atoms with Crippen LogP contribution in [0.5, 0.6) is 0 Å². The summed E-state index contributed by atoms with van der Waals surface area (Å²) in [5.74, 6) is -0.867. The van der Waals surface area contributed by atoms with Gasteiger partial charge in [0.25, 0.3) is 0 Å². The zero-order valence-electron chi connectivity index (χ0n) is 10.4. The fraction of sp³-hybridized carbons (Fsp3) is 0.333. The number of aliphatic carboxylic acids is 1. The Morgan fingerprint density at radius 3 is 3.00 bits per heavy atom. The Kier molecular flexibility index (Phi) is 4.86. The van der Waals surface area contributed by atoms with Gasteiger partial charge in [-0.3, -0.25) is 4.79 Å². The number of hydrogen-bond donors (Lipinski definition) is 1. The van der Waals surface area contributed by atoms with Crippen LogP contribution < -0.4 is 0 Å². The third-order valence-corrected chi connectivity index (χ3v) is 4.18. The molecule has 2 aromatic rings. The first-order valence-electron chi connectivity index (χ1n) is 5.82. The quantitative estimate of drug-likeness (QED) is 0.826. The van der Waals surface area contributed by atoms with E-state index in [1.54, 1.807) is 11.7 Å². The van der Waals surface area contributed by atoms with Crippen molar-refractivity contribution in [3.8, 4) is 0 Å². The highest BCUT2D eigenvalue weighted by molar-refractivity contribution is 8.01. The SMILES string of the molecule is CCCc1cc(Sc2nc(CC(=O)O)cs2)ncn1. The minimum Gasteiger partial charge on any atom is -0.481 e. The largest absolute Gasteiger partial charge is 0.481 e. The van der Waals surface area contributed by atoms with Gasteiger partial charge in [0.1, 0.15) is 11.4 Å². The molecule has 7 heteroatoms. The van der Waals surface area contributed by atoms with Gasteiger partial charge < -0.3 is 5.11 Å². The summed E-state index contributed by atoms with van der Waals surface area (Å²) >= 11 is 2.87. The predicted molar refractivity (Wildman–Crippen MR) is 73.6 cm³/mol. The minimum absolute atomic E-state index is 0.0398. The molecule has 0 aliphatic rings. The van der Waals surface area contributed by atoms with Crippen LogP contribution in [-0.2, 0) is 17.6 Å². The van der Waals surface area contributed by atoms with E-state index >= 15 is 0 Å². The number of aryl methyl sites for hydroxylation is 1. The van der Waals surface area contributed by atoms with Crippen molar-refractivity contribution in [1.82, 2.24) is 15.0 Å². The number of thiazole rings is 1. The molecule has 0 fully saturated rings. The number of aromatic nitrogens is 3. The number of hydrogen-bond acceptors (Lipinski definition) is 6. The molecule has 0 aromatic carbocycles. The average molecular weight is 295 g/mol. The van der Waals surface area contributed by atoms with Crippen LogP contribution in [0.4, 0.5) is 0 Å². The summed E-state index contributed by atoms with van der Waals surface area (Å²) in [4.78, 5) is 23.2. The zero-order chi connectivity index (χ0) is 13.7. The molecule has 19 heavy (non-hydrogen) atoms. The molecule has 0 bridgehead atoms. The van der Waals surface area contributed by atoms with Crippen molar-refractivity contribution in [1.29, 1.82) is 0 Å². The summed E-state index contributed by atoms with van der Waals surface area (Å²) in [6, 6.07) is 1.95. The number of rotatable bonds is 6. The fourth-order valence-electron chi connectivity index (χ4n) is 1.49. The Labute approximate surface area is 119 Å². The van der Waals surface area contributed by atoms with Crippen molar-refractivity contribution < 1.29 is 9.90 Å². The van der Waals surface area contributed by atoms with Crippen LogP contribution in [0.2, 0.25) is 0 Å². The second-order valence-corrected chi connectivity index (χ2v) is 6.00. The predicted octanol–water partition coefficient (Wildman–Crippen LogP) is 2.66. The van der Waals surface area contributed by atoms with E-state index in [-0.39, 0.29) is 6.42 Å². The highest BCUT2D eigenvalue weighted by Gasteiger charge is 2.08. The maximum absolute atomic E-state index is 10.6. The first-order chi connectivity index (χ1) is 9.17. The van der Waals surface area contributed by atoms with Crippen molar-refractivity contribution in [2.24, 2.45) is 0 Å². The lowest BCUT2D eigenvalue weighted by molar-refractivity contribution is -0.136. The van der Waals surface area contributed by atoms with Gasteiger partial charge in [-0.05, 0) is 24.2 Å². The summed E-state index contributed by atoms with van der Waals surface area (Å²) < 4.78 is 0.803. The summed E-state index contributed by atoms with van der Waals surface area (Å²) in [6.45, 7) is 2.11. The van der Waals surface area contributed by atoms with E-state index in [1.165, 1.54) is 23.1 Å². The first-order valence-corrected chi connectivity index (χ1v) is 7.52. The van der Waals surface area contributed by atoms with Gasteiger partial charge in [0.05, 0.1) is 12.1 Å². The molecule has 0 radical (unpaired) electrons. The Morgan fingerprint density at radius 1 is 1.42 bits per heavy atom. The number of carbonyl (C=O) groups is 1. The van der Waals surface area contributed by atoms with Crippen LogP contribution in [0.3, 0.4) is 0 Å². The van der Waals surface area contributed by atoms with E-state index in [9.17, 15) is 4.79 Å². The van der Waals surface area contributed by atoms with E-state index in [4.69, 9.17) is 5.11 Å². The molecule has 0 amide bonds. The van der Waals surface area contributed by atoms with Crippen molar-refractivity contribution in [2.45, 2.75) is 35.6 Å². The van der Waals surface area contributed by atoms with Gasteiger partial charge in [-0.25, -0.2) is 15.0 Å². The molecule has 0 aliphatic carbocycles. The minimum atomic E-state index is -0.867. The van der Waals surface area contributed by atoms with E-state index in [0.29, 0.717) is 5.69 Å². The van der Waals surface area contributed by atoms with E-state index in [2.05, 4.69) is 21.9 Å². The third-order valence-electron chi connectivity index (χ3n) is 2.26. The second-order valence-electron chi connectivity index (χ2n) is 3.87. The van der Waals surface area contributed by atoms with Gasteiger partial charge >= 0.3 is 5.97 Å². The van der Waals surface area contributed by atoms with Gasteiger partial charge in [0.15, 0.2) is 4.34 Å². The summed E-state index contributed by atoms with van der Waals surface area (Å²) in [7, 11) is 0. The number of nitrogens with zero attached hydrogens (tertiary/aromatic N) is 3. The van der Waals surface area contributed by atoms with Gasteiger partial charge in [-0.2, -0.15) is 0 Å². The van der Waals surface area contributed by atoms with Crippen LogP contribution in [0, 0.1) is 0 Å². The lowest BCUT2D eigenvalue weighted by atomic mass is 10.2. The summed E-state index contributed by atoms with van der Waals surface area (Å²) in [5.41, 5.74) is 1.60. The standard InChI is InChI=1S/C12H13N3O2S2/c1-2-3-8-4-10(14-7-13-8)19-12-15-9(6-18-12)5-11(16)17/h4,6-7H,2-3,5H2,1H3,(H,16,17). The van der Waals surface area contributed by atoms with Crippen LogP contribution in [0.15, 0.2) is 27.1 Å². The first kappa shape index (κ1) is 14.0. The van der Waals surface area contributed by atoms with Crippen molar-refractivity contribution >= 4 is 29.1 Å². The normalized spacial score (nSPS) is 10.6. The monoisotopic (exact) mass is 295 g/mol. The molecular formula is C12H13N3O2S2. The van der Waals surface area contributed by atoms with Gasteiger partial charge in [-0.1, -0.05) is 13.3 Å². The van der Waals surface area contributed by atoms with Crippen LogP contribution in [0.1, 0.15) is 24.7 Å². The molecule has 100 valence electrons. The highest BCUT2D eigenvalue weighted by Crippen LogP contribution is 2.29. The maximum Gasteiger partial charge on any atom is 0.309 e. The van der Waals surface area contributed by atoms with Crippen LogP contribution in [0.25, 0.3) is 0 Å². The molecule has 0 saturated carbocycles. The Balaban J connectivity index is 2.06. The molecule has 2 rings (SSSR count). The van der Waals surface area contributed by atoms with Gasteiger partial charge in [0.2, 0.25) is 0 Å². The molecule has 0 unspecified atom stereocenters. The molecular weight excluding hydrogens is 282 g/mol. The van der Waals surface area contributed by atoms with Crippen molar-refractivity contribution in [2.75, 3.05) is 0 Å². The molecule has 0 atom stereocenters. The van der Waals surface area contributed by atoms with Crippen LogP contribution in [-0.4, -0.2) is 26.0 Å². The molecule has 1 N–H and O–H groups in total. The second kappa shape index (κ2) is 6.63. The average Bonchev–Trinajstić information content (AvgIpc) is 2.76. The number of carboxylic acids is 1. The Bertz CT molecular complexity index is 572. The van der Waals surface area contributed by atoms with Crippen molar-refractivity contribution in [3.63, 3.8) is 0 Å². The van der Waals surface area contributed by atoms with Crippen LogP contribution >= 0.6 is 23.1 Å². The molecule has 0 spiro atoms. The van der Waals surface area contributed by atoms with Gasteiger partial charge in [0, 0.05) is 11.1 Å². The fourth-order valence-corrected chi connectivity index (χ4v) is 3.26. The van der Waals surface area contributed by atoms with E-state index in [0.717, 1.165) is 27.9 Å². The van der Waals surface area contributed by atoms with E-state index < -0.39 is 5.97 Å². The highest BCUT2D eigenvalue weighted by atomic mass is 32.2. The van der Waals surface area contributed by atoms with E-state index in [1.807, 2.05) is 6.07 Å². The Hall–Kier alpha value is -1.47. The number of carboxylic acid groups (broad SMARTS) is 1. The molecule has 2 aromatic heterocycles. The molecule has 2 heterocycles. The summed E-state index contributed by atoms with van der Waals surface area (Å²) in [5, 5.41) is 11.3. The summed E-state index contributed by atoms with van der Waals surface area (Å²) in [6.07, 6.45) is 3.49. The lowest BCUT2D eigenvalue weighted by Crippen LogP contribution is -1.99.